The Labute approximate surface area is 540 Å². The molecule has 2 unspecified atom stereocenters. The van der Waals surface area contributed by atoms with Crippen LogP contribution in [0.1, 0.15) is 45.2 Å². The maximum absolute atomic E-state index is 7.31. The fourth-order valence-corrected chi connectivity index (χ4v) is 16.0. The molecule has 4 aliphatic rings. The van der Waals surface area contributed by atoms with Gasteiger partial charge in [-0.3, -0.25) is 0 Å². The minimum absolute atomic E-state index is 0.115. The number of hydrogen-bond acceptors (Lipinski definition) is 6. The van der Waals surface area contributed by atoms with Gasteiger partial charge < -0.3 is 24.3 Å². The van der Waals surface area contributed by atoms with Gasteiger partial charge >= 0.3 is 0 Å². The zero-order valence-corrected chi connectivity index (χ0v) is 50.9. The van der Waals surface area contributed by atoms with Crippen molar-refractivity contribution < 1.29 is 4.74 Å². The molecule has 92 heavy (non-hydrogen) atoms. The number of anilines is 12. The summed E-state index contributed by atoms with van der Waals surface area (Å²) in [7, 11) is 0. The van der Waals surface area contributed by atoms with Crippen LogP contribution in [-0.4, -0.2) is 0 Å². The van der Waals surface area contributed by atoms with Crippen LogP contribution in [0.25, 0.3) is 33.4 Å². The number of hydrogen-bond donors (Lipinski definition) is 0. The van der Waals surface area contributed by atoms with E-state index in [1.54, 1.807) is 0 Å². The van der Waals surface area contributed by atoms with E-state index in [1.165, 1.54) is 43.2 Å². The van der Waals surface area contributed by atoms with Gasteiger partial charge in [-0.25, -0.2) is 0 Å². The Bertz CT molecular complexity index is 5090. The van der Waals surface area contributed by atoms with E-state index in [2.05, 4.69) is 359 Å². The second kappa shape index (κ2) is 22.2. The molecule has 0 saturated carbocycles. The number of benzene rings is 14. The third-order valence-electron chi connectivity index (χ3n) is 18.7. The standard InChI is InChI=1S/C86H58N4OS/c1-7-27-57(28-8-1)58-47-49-64(50-48-58)88(73-43-23-19-39-67(73)59-29-9-2-10-30-59)66-52-78-86-82(54-66)92-81-56-76-71(55-72(81)83(86)69-41-21-25-45-75(69)89(78)63-37-17-6-18-38-63)84-70-42-22-26-46-79(70)91-80-53-65(87(61-33-13-4-14-34-61)62-35-15-5-16-36-62)51-77(85(80)84)90(76)74-44-24-20-40-68(74)60-31-11-3-12-32-60/h1-56,83-84H. The van der Waals surface area contributed by atoms with E-state index < -0.39 is 0 Å². The van der Waals surface area contributed by atoms with E-state index in [4.69, 9.17) is 4.74 Å². The maximum atomic E-state index is 7.31. The minimum atomic E-state index is -0.166. The first-order valence-electron chi connectivity index (χ1n) is 31.5. The van der Waals surface area contributed by atoms with Gasteiger partial charge in [0.05, 0.1) is 39.8 Å². The fraction of sp³-hybridized carbons (Fsp3) is 0.0233. The van der Waals surface area contributed by atoms with Crippen molar-refractivity contribution in [2.75, 3.05) is 19.6 Å². The van der Waals surface area contributed by atoms with E-state index in [0.717, 1.165) is 113 Å². The molecule has 18 rings (SSSR count). The highest BCUT2D eigenvalue weighted by molar-refractivity contribution is 7.99. The molecule has 0 aliphatic carbocycles. The van der Waals surface area contributed by atoms with Gasteiger partial charge in [-0.15, -0.1) is 0 Å². The summed E-state index contributed by atoms with van der Waals surface area (Å²) >= 11 is 1.90. The first-order valence-corrected chi connectivity index (χ1v) is 32.4. The summed E-state index contributed by atoms with van der Waals surface area (Å²) < 4.78 is 7.31. The van der Waals surface area contributed by atoms with Crippen LogP contribution in [0.15, 0.2) is 350 Å². The molecule has 0 bridgehead atoms. The molecule has 4 heterocycles. The van der Waals surface area contributed by atoms with Crippen LogP contribution in [0.2, 0.25) is 0 Å². The summed E-state index contributed by atoms with van der Waals surface area (Å²) in [6.45, 7) is 0. The smallest absolute Gasteiger partial charge is 0.135 e. The molecular formula is C86H58N4OS. The second-order valence-corrected chi connectivity index (χ2v) is 25.0. The molecular weight excluding hydrogens is 1140 g/mol. The van der Waals surface area contributed by atoms with Crippen molar-refractivity contribution in [1.82, 2.24) is 0 Å². The van der Waals surface area contributed by atoms with E-state index in [9.17, 15) is 0 Å². The lowest BCUT2D eigenvalue weighted by atomic mass is 9.74. The molecule has 0 amide bonds. The normalized spacial score (nSPS) is 14.3. The lowest BCUT2D eigenvalue weighted by molar-refractivity contribution is 0.452. The summed E-state index contributed by atoms with van der Waals surface area (Å²) in [5.41, 5.74) is 27.4. The molecule has 14 aromatic carbocycles. The van der Waals surface area contributed by atoms with Crippen LogP contribution in [0.4, 0.5) is 68.2 Å². The van der Waals surface area contributed by atoms with E-state index in [1.807, 2.05) is 11.8 Å². The zero-order valence-electron chi connectivity index (χ0n) is 50.1. The predicted octanol–water partition coefficient (Wildman–Crippen LogP) is 24.1. The number of para-hydroxylation sites is 7. The van der Waals surface area contributed by atoms with Crippen LogP contribution in [0, 0.1) is 0 Å². The molecule has 0 fully saturated rings. The van der Waals surface area contributed by atoms with E-state index in [-0.39, 0.29) is 11.8 Å². The number of ether oxygens (including phenoxy) is 1. The maximum Gasteiger partial charge on any atom is 0.135 e. The van der Waals surface area contributed by atoms with Gasteiger partial charge in [0, 0.05) is 83.9 Å². The molecule has 4 aliphatic heterocycles. The molecule has 5 nitrogen and oxygen atoms in total. The van der Waals surface area contributed by atoms with Gasteiger partial charge in [0.2, 0.25) is 0 Å². The Balaban J connectivity index is 0.905. The lowest BCUT2D eigenvalue weighted by Crippen LogP contribution is -2.28. The predicted molar refractivity (Wildman–Crippen MR) is 380 cm³/mol. The molecule has 434 valence electrons. The topological polar surface area (TPSA) is 22.2 Å². The summed E-state index contributed by atoms with van der Waals surface area (Å²) in [4.78, 5) is 12.4. The van der Waals surface area contributed by atoms with Crippen molar-refractivity contribution in [3.8, 4) is 44.9 Å². The Kier molecular flexibility index (Phi) is 12.9. The Morgan fingerprint density at radius 3 is 1.46 bits per heavy atom. The first-order chi connectivity index (χ1) is 45.7. The van der Waals surface area contributed by atoms with Crippen molar-refractivity contribution in [2.45, 2.75) is 21.6 Å². The number of rotatable bonds is 11. The fourth-order valence-electron chi connectivity index (χ4n) is 14.8. The van der Waals surface area contributed by atoms with Gasteiger partial charge in [0.15, 0.2) is 0 Å². The number of fused-ring (bicyclic) bond motifs is 8. The minimum Gasteiger partial charge on any atom is -0.457 e. The third kappa shape index (κ3) is 8.86. The van der Waals surface area contributed by atoms with Crippen molar-refractivity contribution in [2.24, 2.45) is 0 Å². The van der Waals surface area contributed by atoms with Gasteiger partial charge in [-0.05, 0) is 136 Å². The highest BCUT2D eigenvalue weighted by Crippen LogP contribution is 2.66. The molecule has 0 saturated heterocycles. The zero-order chi connectivity index (χ0) is 60.6. The highest BCUT2D eigenvalue weighted by atomic mass is 32.2. The van der Waals surface area contributed by atoms with Gasteiger partial charge in [0.1, 0.15) is 11.5 Å². The van der Waals surface area contributed by atoms with Gasteiger partial charge in [-0.2, -0.15) is 0 Å². The van der Waals surface area contributed by atoms with Crippen LogP contribution < -0.4 is 24.3 Å². The summed E-state index contributed by atoms with van der Waals surface area (Å²) in [5.74, 6) is 1.43. The second-order valence-electron chi connectivity index (χ2n) is 23.9. The average molecular weight is 1200 g/mol. The van der Waals surface area contributed by atoms with Crippen LogP contribution >= 0.6 is 11.8 Å². The molecule has 0 radical (unpaired) electrons. The summed E-state index contributed by atoms with van der Waals surface area (Å²) in [5, 5.41) is 0. The molecule has 6 heteroatoms. The highest BCUT2D eigenvalue weighted by Gasteiger charge is 2.45. The van der Waals surface area contributed by atoms with Crippen LogP contribution in [0.5, 0.6) is 11.5 Å². The average Bonchev–Trinajstić information content (AvgIpc) is 0.700. The van der Waals surface area contributed by atoms with Crippen molar-refractivity contribution >= 4 is 80.0 Å². The molecule has 0 N–H and O–H groups in total. The molecule has 2 atom stereocenters. The SMILES string of the molecule is c1ccc(-c2ccc(N(c3cc4c5c(c3)N(c3ccccc3)c3ccccc3C5c3cc5c(cc3S4)N(c3ccccc3-c3ccccc3)c3cc(N(c4ccccc4)c4ccccc4)cc4c3C5c3ccccc3O4)c3ccccc3-c3ccccc3)cc2)cc1. The van der Waals surface area contributed by atoms with Crippen LogP contribution in [0.3, 0.4) is 0 Å². The number of nitrogens with zero attached hydrogens (tertiary/aromatic N) is 4. The Hall–Kier alpha value is -11.6. The van der Waals surface area contributed by atoms with Crippen molar-refractivity contribution in [3.63, 3.8) is 0 Å². The third-order valence-corrected chi connectivity index (χ3v) is 19.8. The van der Waals surface area contributed by atoms with Crippen molar-refractivity contribution in [3.05, 3.63) is 373 Å². The van der Waals surface area contributed by atoms with Crippen LogP contribution in [-0.2, 0) is 0 Å². The first kappa shape index (κ1) is 53.5. The van der Waals surface area contributed by atoms with E-state index in [0.29, 0.717) is 0 Å². The van der Waals surface area contributed by atoms with Crippen molar-refractivity contribution in [1.29, 1.82) is 0 Å². The molecule has 14 aromatic rings. The lowest BCUT2D eigenvalue weighted by Gasteiger charge is -2.45. The molecule has 0 spiro atoms. The largest absolute Gasteiger partial charge is 0.457 e. The van der Waals surface area contributed by atoms with Gasteiger partial charge in [0.25, 0.3) is 0 Å². The monoisotopic (exact) mass is 1190 g/mol. The Morgan fingerprint density at radius 1 is 0.272 bits per heavy atom. The summed E-state index contributed by atoms with van der Waals surface area (Å²) in [6.07, 6.45) is 0. The molecule has 0 aromatic heterocycles. The Morgan fingerprint density at radius 2 is 0.772 bits per heavy atom. The van der Waals surface area contributed by atoms with E-state index >= 15 is 0 Å². The summed E-state index contributed by atoms with van der Waals surface area (Å²) in [6, 6.07) is 124. The quantitative estimate of drug-likeness (QED) is 0.128. The van der Waals surface area contributed by atoms with Gasteiger partial charge in [-0.1, -0.05) is 248 Å².